The third kappa shape index (κ3) is 2.93. The second-order valence-electron chi connectivity index (χ2n) is 4.29. The highest BCUT2D eigenvalue weighted by atomic mass is 19.4. The van der Waals surface area contributed by atoms with Crippen LogP contribution in [0, 0.1) is 0 Å². The van der Waals surface area contributed by atoms with Crippen LogP contribution in [-0.4, -0.2) is 20.8 Å². The Labute approximate surface area is 108 Å². The van der Waals surface area contributed by atoms with Gasteiger partial charge in [-0.1, -0.05) is 0 Å². The van der Waals surface area contributed by atoms with E-state index in [4.69, 9.17) is 5.73 Å². The van der Waals surface area contributed by atoms with Gasteiger partial charge in [0.1, 0.15) is 0 Å². The Morgan fingerprint density at radius 2 is 1.89 bits per heavy atom. The quantitative estimate of drug-likeness (QED) is 0.930. The van der Waals surface area contributed by atoms with Crippen molar-refractivity contribution in [1.29, 1.82) is 0 Å². The zero-order chi connectivity index (χ0) is 14.0. The molecule has 0 radical (unpaired) electrons. The zero-order valence-electron chi connectivity index (χ0n) is 10.2. The van der Waals surface area contributed by atoms with Crippen molar-refractivity contribution in [2.45, 2.75) is 25.2 Å². The van der Waals surface area contributed by atoms with Crippen LogP contribution in [0.3, 0.4) is 0 Å². The van der Waals surface area contributed by atoms with Crippen LogP contribution < -0.4 is 5.73 Å². The molecule has 2 aromatic rings. The highest BCUT2D eigenvalue weighted by molar-refractivity contribution is 5.19. The molecule has 19 heavy (non-hydrogen) atoms. The predicted molar refractivity (Wildman–Crippen MR) is 63.3 cm³/mol. The maximum absolute atomic E-state index is 12.6. The van der Waals surface area contributed by atoms with Crippen LogP contribution in [0.5, 0.6) is 0 Å². The molecule has 0 saturated carbocycles. The minimum atomic E-state index is -4.40. The highest BCUT2D eigenvalue weighted by Gasteiger charge is 2.33. The van der Waals surface area contributed by atoms with E-state index in [9.17, 15) is 13.2 Å². The zero-order valence-corrected chi connectivity index (χ0v) is 10.2. The molecule has 2 N–H and O–H groups in total. The fourth-order valence-corrected chi connectivity index (χ4v) is 1.89. The maximum Gasteiger partial charge on any atom is 0.419 e. The first-order valence-electron chi connectivity index (χ1n) is 5.66. The first-order valence-corrected chi connectivity index (χ1v) is 5.66. The number of nitrogens with two attached hydrogens (primary N) is 1. The van der Waals surface area contributed by atoms with Crippen molar-refractivity contribution in [1.82, 2.24) is 14.8 Å². The first-order chi connectivity index (χ1) is 8.89. The summed E-state index contributed by atoms with van der Waals surface area (Å²) in [5.74, 6) is 0. The number of hydrogen-bond acceptors (Lipinski definition) is 3. The molecule has 0 aromatic carbocycles. The van der Waals surface area contributed by atoms with E-state index in [1.54, 1.807) is 31.5 Å². The molecule has 0 bridgehead atoms. The van der Waals surface area contributed by atoms with Crippen molar-refractivity contribution < 1.29 is 13.2 Å². The van der Waals surface area contributed by atoms with Crippen molar-refractivity contribution in [2.24, 2.45) is 5.73 Å². The van der Waals surface area contributed by atoms with Gasteiger partial charge in [0.2, 0.25) is 0 Å². The minimum Gasteiger partial charge on any atom is -0.326 e. The van der Waals surface area contributed by atoms with E-state index >= 15 is 0 Å². The number of alkyl halides is 3. The Hall–Kier alpha value is -1.89. The molecule has 2 aromatic heterocycles. The van der Waals surface area contributed by atoms with Gasteiger partial charge >= 0.3 is 6.18 Å². The van der Waals surface area contributed by atoms with E-state index in [1.807, 2.05) is 0 Å². The second kappa shape index (κ2) is 5.00. The van der Waals surface area contributed by atoms with Crippen LogP contribution in [0.2, 0.25) is 0 Å². The highest BCUT2D eigenvalue weighted by Crippen LogP contribution is 2.30. The normalized spacial score (nSPS) is 15.2. The lowest BCUT2D eigenvalue weighted by Gasteiger charge is -2.21. The lowest BCUT2D eigenvalue weighted by atomic mass is 10.0. The SMILES string of the molecule is CC(N)C(c1ccncc1)n1cc(C(F)(F)F)cn1. The van der Waals surface area contributed by atoms with Gasteiger partial charge in [-0.3, -0.25) is 9.67 Å². The molecule has 0 aliphatic rings. The molecule has 0 fully saturated rings. The van der Waals surface area contributed by atoms with Gasteiger partial charge in [-0.25, -0.2) is 0 Å². The molecule has 2 unspecified atom stereocenters. The summed E-state index contributed by atoms with van der Waals surface area (Å²) in [7, 11) is 0. The first kappa shape index (κ1) is 13.5. The molecule has 0 amide bonds. The smallest absolute Gasteiger partial charge is 0.326 e. The number of pyridine rings is 1. The fourth-order valence-electron chi connectivity index (χ4n) is 1.89. The maximum atomic E-state index is 12.6. The summed E-state index contributed by atoms with van der Waals surface area (Å²) in [4.78, 5) is 3.87. The molecule has 2 atom stereocenters. The third-order valence-corrected chi connectivity index (χ3v) is 2.76. The van der Waals surface area contributed by atoms with Gasteiger partial charge in [-0.15, -0.1) is 0 Å². The largest absolute Gasteiger partial charge is 0.419 e. The summed E-state index contributed by atoms with van der Waals surface area (Å²) in [5, 5.41) is 3.78. The molecule has 102 valence electrons. The molecule has 2 rings (SSSR count). The second-order valence-corrected chi connectivity index (χ2v) is 4.29. The topological polar surface area (TPSA) is 56.7 Å². The van der Waals surface area contributed by atoms with Gasteiger partial charge in [-0.2, -0.15) is 18.3 Å². The Bertz CT molecular complexity index is 533. The van der Waals surface area contributed by atoms with Gasteiger partial charge in [0.15, 0.2) is 0 Å². The molecule has 2 heterocycles. The minimum absolute atomic E-state index is 0.386. The van der Waals surface area contributed by atoms with E-state index in [2.05, 4.69) is 10.1 Å². The van der Waals surface area contributed by atoms with Crippen LogP contribution in [0.15, 0.2) is 36.9 Å². The van der Waals surface area contributed by atoms with Crippen LogP contribution >= 0.6 is 0 Å². The van der Waals surface area contributed by atoms with E-state index in [0.29, 0.717) is 0 Å². The molecular formula is C12H13F3N4. The van der Waals surface area contributed by atoms with Crippen LogP contribution in [0.25, 0.3) is 0 Å². The summed E-state index contributed by atoms with van der Waals surface area (Å²) < 4.78 is 39.0. The van der Waals surface area contributed by atoms with E-state index in [-0.39, 0.29) is 6.04 Å². The number of rotatable bonds is 3. The van der Waals surface area contributed by atoms with Crippen LogP contribution in [-0.2, 0) is 6.18 Å². The van der Waals surface area contributed by atoms with Gasteiger partial charge in [0, 0.05) is 24.6 Å². The molecule has 0 aliphatic heterocycles. The number of hydrogen-bond donors (Lipinski definition) is 1. The Morgan fingerprint density at radius 1 is 1.26 bits per heavy atom. The van der Waals surface area contributed by atoms with Crippen molar-refractivity contribution in [3.05, 3.63) is 48.0 Å². The standard InChI is InChI=1S/C12H13F3N4/c1-8(16)11(9-2-4-17-5-3-9)19-7-10(6-18-19)12(13,14)15/h2-8,11H,16H2,1H3. The van der Waals surface area contributed by atoms with Crippen molar-refractivity contribution >= 4 is 0 Å². The Morgan fingerprint density at radius 3 is 2.37 bits per heavy atom. The van der Waals surface area contributed by atoms with Crippen LogP contribution in [0.4, 0.5) is 13.2 Å². The lowest BCUT2D eigenvalue weighted by molar-refractivity contribution is -0.137. The predicted octanol–water partition coefficient (Wildman–Crippen LogP) is 2.23. The van der Waals surface area contributed by atoms with Crippen LogP contribution in [0.1, 0.15) is 24.1 Å². The summed E-state index contributed by atoms with van der Waals surface area (Å²) in [6, 6.07) is 2.58. The number of aromatic nitrogens is 3. The third-order valence-electron chi connectivity index (χ3n) is 2.76. The molecule has 4 nitrogen and oxygen atoms in total. The lowest BCUT2D eigenvalue weighted by Crippen LogP contribution is -2.30. The molecule has 7 heteroatoms. The molecule has 0 aliphatic carbocycles. The fraction of sp³-hybridized carbons (Fsp3) is 0.333. The van der Waals surface area contributed by atoms with E-state index in [0.717, 1.165) is 18.0 Å². The Balaban J connectivity index is 2.38. The van der Waals surface area contributed by atoms with Crippen molar-refractivity contribution in [2.75, 3.05) is 0 Å². The van der Waals surface area contributed by atoms with Gasteiger partial charge in [-0.05, 0) is 24.6 Å². The summed E-state index contributed by atoms with van der Waals surface area (Å²) >= 11 is 0. The Kier molecular flexibility index (Phi) is 3.57. The summed E-state index contributed by atoms with van der Waals surface area (Å²) in [5.41, 5.74) is 5.84. The van der Waals surface area contributed by atoms with Crippen molar-refractivity contribution in [3.63, 3.8) is 0 Å². The van der Waals surface area contributed by atoms with Crippen molar-refractivity contribution in [3.8, 4) is 0 Å². The molecule has 0 saturated heterocycles. The molecular weight excluding hydrogens is 257 g/mol. The number of halogens is 3. The summed E-state index contributed by atoms with van der Waals surface area (Å²) in [6.07, 6.45) is 0.502. The van der Waals surface area contributed by atoms with E-state index in [1.165, 1.54) is 4.68 Å². The average molecular weight is 270 g/mol. The van der Waals surface area contributed by atoms with Gasteiger partial charge in [0.25, 0.3) is 0 Å². The monoisotopic (exact) mass is 270 g/mol. The van der Waals surface area contributed by atoms with Gasteiger partial charge in [0.05, 0.1) is 17.8 Å². The average Bonchev–Trinajstić information content (AvgIpc) is 2.79. The van der Waals surface area contributed by atoms with Gasteiger partial charge < -0.3 is 5.73 Å². The van der Waals surface area contributed by atoms with E-state index < -0.39 is 17.8 Å². The molecule has 0 spiro atoms. The summed E-state index contributed by atoms with van der Waals surface area (Å²) in [6.45, 7) is 1.72. The number of nitrogens with zero attached hydrogens (tertiary/aromatic N) is 3.